The molecule has 86 valence electrons. The van der Waals surface area contributed by atoms with Gasteiger partial charge in [-0.2, -0.15) is 0 Å². The lowest BCUT2D eigenvalue weighted by molar-refractivity contribution is 0.193. The van der Waals surface area contributed by atoms with Gasteiger partial charge in [0.25, 0.3) is 0 Å². The van der Waals surface area contributed by atoms with Crippen LogP contribution in [0.3, 0.4) is 0 Å². The fourth-order valence-corrected chi connectivity index (χ4v) is 2.56. The van der Waals surface area contributed by atoms with Crippen LogP contribution in [0, 0.1) is 11.8 Å². The summed E-state index contributed by atoms with van der Waals surface area (Å²) in [5.74, 6) is 2.47. The number of benzene rings is 1. The highest BCUT2D eigenvalue weighted by atomic mass is 16.5. The average Bonchev–Trinajstić information content (AvgIpc) is 3.12. The van der Waals surface area contributed by atoms with Crippen molar-refractivity contribution in [3.63, 3.8) is 0 Å². The smallest absolute Gasteiger partial charge is 0.122 e. The Hall–Kier alpha value is -1.02. The molecule has 0 amide bonds. The number of nitrogens with two attached hydrogens (primary N) is 1. The molecule has 2 N–H and O–H groups in total. The zero-order valence-corrected chi connectivity index (χ0v) is 9.56. The van der Waals surface area contributed by atoms with Crippen LogP contribution in [-0.2, 0) is 6.42 Å². The second kappa shape index (κ2) is 4.10. The van der Waals surface area contributed by atoms with Gasteiger partial charge in [0.2, 0.25) is 0 Å². The number of hydrogen-bond acceptors (Lipinski definition) is 2. The summed E-state index contributed by atoms with van der Waals surface area (Å²) in [6.45, 7) is 0.797. The van der Waals surface area contributed by atoms with E-state index in [0.29, 0.717) is 12.0 Å². The van der Waals surface area contributed by atoms with Crippen LogP contribution in [-0.4, -0.2) is 12.6 Å². The van der Waals surface area contributed by atoms with Gasteiger partial charge in [-0.25, -0.2) is 0 Å². The van der Waals surface area contributed by atoms with Gasteiger partial charge in [-0.05, 0) is 30.4 Å². The van der Waals surface area contributed by atoms with E-state index in [1.54, 1.807) is 0 Å². The Morgan fingerprint density at radius 1 is 1.31 bits per heavy atom. The Kier molecular flexibility index (Phi) is 2.60. The summed E-state index contributed by atoms with van der Waals surface area (Å²) < 4.78 is 5.78. The number of ether oxygens (including phenoxy) is 1. The largest absolute Gasteiger partial charge is 0.493 e. The highest BCUT2D eigenvalue weighted by Crippen LogP contribution is 2.36. The Morgan fingerprint density at radius 3 is 2.94 bits per heavy atom. The van der Waals surface area contributed by atoms with E-state index >= 15 is 0 Å². The third kappa shape index (κ3) is 2.07. The topological polar surface area (TPSA) is 35.2 Å². The molecule has 1 aliphatic carbocycles. The predicted molar refractivity (Wildman–Crippen MR) is 64.4 cm³/mol. The summed E-state index contributed by atoms with van der Waals surface area (Å²) in [6, 6.07) is 8.64. The number of hydrogen-bond donors (Lipinski definition) is 1. The summed E-state index contributed by atoms with van der Waals surface area (Å²) in [5, 5.41) is 0. The zero-order chi connectivity index (χ0) is 11.0. The lowest BCUT2D eigenvalue weighted by Crippen LogP contribution is -2.38. The molecule has 2 nitrogen and oxygen atoms in total. The van der Waals surface area contributed by atoms with E-state index in [1.165, 1.54) is 24.8 Å². The lowest BCUT2D eigenvalue weighted by atomic mass is 9.88. The zero-order valence-electron chi connectivity index (χ0n) is 9.56. The molecule has 2 heteroatoms. The molecule has 1 aromatic carbocycles. The van der Waals surface area contributed by atoms with Gasteiger partial charge in [-0.15, -0.1) is 0 Å². The first kappa shape index (κ1) is 10.2. The molecule has 1 aliphatic heterocycles. The minimum absolute atomic E-state index is 0.320. The summed E-state index contributed by atoms with van der Waals surface area (Å²) in [6.07, 6.45) is 5.05. The monoisotopic (exact) mass is 217 g/mol. The van der Waals surface area contributed by atoms with Crippen molar-refractivity contribution in [1.82, 2.24) is 0 Å². The van der Waals surface area contributed by atoms with Gasteiger partial charge in [0.05, 0.1) is 6.61 Å². The molecule has 0 bridgehead atoms. The van der Waals surface area contributed by atoms with Gasteiger partial charge >= 0.3 is 0 Å². The summed E-state index contributed by atoms with van der Waals surface area (Å²) >= 11 is 0. The van der Waals surface area contributed by atoms with Gasteiger partial charge in [0, 0.05) is 12.0 Å². The Morgan fingerprint density at radius 2 is 2.12 bits per heavy atom. The standard InChI is InChI=1S/C14H19NO/c15-13(7-10-5-6-10)12-8-11-3-1-2-4-14(11)16-9-12/h1-4,10,12-13H,5-9,15H2. The Balaban J connectivity index is 1.67. The third-order valence-electron chi connectivity index (χ3n) is 3.82. The van der Waals surface area contributed by atoms with E-state index in [-0.39, 0.29) is 0 Å². The van der Waals surface area contributed by atoms with Crippen molar-refractivity contribution in [2.24, 2.45) is 17.6 Å². The molecule has 2 unspecified atom stereocenters. The van der Waals surface area contributed by atoms with Crippen molar-refractivity contribution in [3.05, 3.63) is 29.8 Å². The van der Waals surface area contributed by atoms with E-state index < -0.39 is 0 Å². The molecule has 0 radical (unpaired) electrons. The quantitative estimate of drug-likeness (QED) is 0.843. The highest BCUT2D eigenvalue weighted by molar-refractivity contribution is 5.35. The second-order valence-corrected chi connectivity index (χ2v) is 5.23. The SMILES string of the molecule is NC(CC1CC1)C1COc2ccccc2C1. The maximum Gasteiger partial charge on any atom is 0.122 e. The number of rotatable bonds is 3. The molecule has 0 saturated heterocycles. The Labute approximate surface area is 96.8 Å². The van der Waals surface area contributed by atoms with Crippen LogP contribution in [0.15, 0.2) is 24.3 Å². The normalized spacial score (nSPS) is 25.7. The van der Waals surface area contributed by atoms with Gasteiger partial charge in [0.15, 0.2) is 0 Å². The van der Waals surface area contributed by atoms with Crippen molar-refractivity contribution in [2.75, 3.05) is 6.61 Å². The first-order valence-electron chi connectivity index (χ1n) is 6.29. The fraction of sp³-hybridized carbons (Fsp3) is 0.571. The second-order valence-electron chi connectivity index (χ2n) is 5.23. The maximum absolute atomic E-state index is 6.27. The average molecular weight is 217 g/mol. The van der Waals surface area contributed by atoms with Gasteiger partial charge < -0.3 is 10.5 Å². The minimum Gasteiger partial charge on any atom is -0.493 e. The van der Waals surface area contributed by atoms with Crippen molar-refractivity contribution in [1.29, 1.82) is 0 Å². The van der Waals surface area contributed by atoms with Gasteiger partial charge in [-0.1, -0.05) is 31.0 Å². The molecule has 1 heterocycles. The van der Waals surface area contributed by atoms with Crippen LogP contribution in [0.1, 0.15) is 24.8 Å². The molecule has 3 rings (SSSR count). The molecule has 2 atom stereocenters. The van der Waals surface area contributed by atoms with E-state index in [4.69, 9.17) is 10.5 Å². The molecule has 2 aliphatic rings. The first-order valence-corrected chi connectivity index (χ1v) is 6.29. The molecular formula is C14H19NO. The highest BCUT2D eigenvalue weighted by Gasteiger charge is 2.30. The van der Waals surface area contributed by atoms with E-state index in [9.17, 15) is 0 Å². The number of fused-ring (bicyclic) bond motifs is 1. The van der Waals surface area contributed by atoms with Gasteiger partial charge in [0.1, 0.15) is 5.75 Å². The molecule has 1 saturated carbocycles. The first-order chi connectivity index (χ1) is 7.83. The fourth-order valence-electron chi connectivity index (χ4n) is 2.56. The predicted octanol–water partition coefficient (Wildman–Crippen LogP) is 2.37. The van der Waals surface area contributed by atoms with Crippen molar-refractivity contribution < 1.29 is 4.74 Å². The van der Waals surface area contributed by atoms with E-state index in [1.807, 2.05) is 6.07 Å². The third-order valence-corrected chi connectivity index (χ3v) is 3.82. The van der Waals surface area contributed by atoms with Crippen LogP contribution in [0.5, 0.6) is 5.75 Å². The molecule has 0 spiro atoms. The van der Waals surface area contributed by atoms with Crippen LogP contribution in [0.2, 0.25) is 0 Å². The summed E-state index contributed by atoms with van der Waals surface area (Å²) in [7, 11) is 0. The van der Waals surface area contributed by atoms with Crippen molar-refractivity contribution >= 4 is 0 Å². The Bertz CT molecular complexity index is 373. The summed E-state index contributed by atoms with van der Waals surface area (Å²) in [5.41, 5.74) is 7.59. The molecule has 1 fully saturated rings. The lowest BCUT2D eigenvalue weighted by Gasteiger charge is -2.29. The molecule has 1 aromatic rings. The van der Waals surface area contributed by atoms with Crippen LogP contribution in [0.4, 0.5) is 0 Å². The molecular weight excluding hydrogens is 198 g/mol. The van der Waals surface area contributed by atoms with Gasteiger partial charge in [-0.3, -0.25) is 0 Å². The van der Waals surface area contributed by atoms with Crippen molar-refractivity contribution in [3.8, 4) is 5.75 Å². The summed E-state index contributed by atoms with van der Waals surface area (Å²) in [4.78, 5) is 0. The van der Waals surface area contributed by atoms with Crippen LogP contribution < -0.4 is 10.5 Å². The van der Waals surface area contributed by atoms with E-state index in [2.05, 4.69) is 18.2 Å². The van der Waals surface area contributed by atoms with Crippen LogP contribution >= 0.6 is 0 Å². The van der Waals surface area contributed by atoms with E-state index in [0.717, 1.165) is 24.7 Å². The van der Waals surface area contributed by atoms with Crippen LogP contribution in [0.25, 0.3) is 0 Å². The minimum atomic E-state index is 0.320. The molecule has 16 heavy (non-hydrogen) atoms. The maximum atomic E-state index is 6.27. The molecule has 0 aromatic heterocycles. The number of para-hydroxylation sites is 1. The van der Waals surface area contributed by atoms with Crippen molar-refractivity contribution in [2.45, 2.75) is 31.7 Å².